The molecule has 1 aliphatic heterocycles. The molecule has 0 saturated heterocycles. The van der Waals surface area contributed by atoms with Gasteiger partial charge in [0.25, 0.3) is 0 Å². The van der Waals surface area contributed by atoms with Gasteiger partial charge in [0.05, 0.1) is 18.3 Å². The van der Waals surface area contributed by atoms with Gasteiger partial charge in [-0.15, -0.1) is 6.58 Å². The van der Waals surface area contributed by atoms with E-state index in [1.54, 1.807) is 0 Å². The minimum atomic E-state index is -0.606. The number of anilines is 1. The van der Waals surface area contributed by atoms with Gasteiger partial charge in [-0.05, 0) is 17.7 Å². The van der Waals surface area contributed by atoms with Crippen LogP contribution in [-0.2, 0) is 0 Å². The molecule has 1 aliphatic rings. The van der Waals surface area contributed by atoms with Crippen molar-refractivity contribution in [1.82, 2.24) is 0 Å². The standard InChI is InChI=1S/C12H15NO2/c1-3-11(14)9-4-5-12-10(8-9)13(2)6-7-15-12/h3-5,8,11,14H,1,6-7H2,2H3. The van der Waals surface area contributed by atoms with Gasteiger partial charge in [-0.2, -0.15) is 0 Å². The Bertz CT molecular complexity index is 376. The van der Waals surface area contributed by atoms with E-state index in [9.17, 15) is 5.11 Å². The van der Waals surface area contributed by atoms with Crippen molar-refractivity contribution in [1.29, 1.82) is 0 Å². The molecule has 1 unspecified atom stereocenters. The van der Waals surface area contributed by atoms with E-state index >= 15 is 0 Å². The second kappa shape index (κ2) is 3.95. The number of hydrogen-bond acceptors (Lipinski definition) is 3. The van der Waals surface area contributed by atoms with Crippen LogP contribution in [0, 0.1) is 0 Å². The summed E-state index contributed by atoms with van der Waals surface area (Å²) in [7, 11) is 2.02. The van der Waals surface area contributed by atoms with Crippen molar-refractivity contribution in [3.63, 3.8) is 0 Å². The van der Waals surface area contributed by atoms with Gasteiger partial charge in [0, 0.05) is 7.05 Å². The summed E-state index contributed by atoms with van der Waals surface area (Å²) in [6.07, 6.45) is 0.913. The first-order chi connectivity index (χ1) is 7.22. The second-order valence-electron chi connectivity index (χ2n) is 3.68. The van der Waals surface area contributed by atoms with Crippen LogP contribution in [0.5, 0.6) is 5.75 Å². The number of likely N-dealkylation sites (N-methyl/N-ethyl adjacent to an activating group) is 1. The smallest absolute Gasteiger partial charge is 0.142 e. The Kier molecular flexibility index (Phi) is 2.64. The molecule has 0 bridgehead atoms. The van der Waals surface area contributed by atoms with Crippen molar-refractivity contribution >= 4 is 5.69 Å². The number of nitrogens with zero attached hydrogens (tertiary/aromatic N) is 1. The molecule has 0 saturated carbocycles. The monoisotopic (exact) mass is 205 g/mol. The highest BCUT2D eigenvalue weighted by Crippen LogP contribution is 2.33. The van der Waals surface area contributed by atoms with Gasteiger partial charge < -0.3 is 14.7 Å². The summed E-state index contributed by atoms with van der Waals surface area (Å²) in [5, 5.41) is 9.64. The number of fused-ring (bicyclic) bond motifs is 1. The van der Waals surface area contributed by atoms with E-state index in [2.05, 4.69) is 11.5 Å². The minimum Gasteiger partial charge on any atom is -0.490 e. The van der Waals surface area contributed by atoms with Gasteiger partial charge in [-0.1, -0.05) is 12.1 Å². The molecule has 1 atom stereocenters. The SMILES string of the molecule is C=CC(O)c1ccc2c(c1)N(C)CCO2. The van der Waals surface area contributed by atoms with Crippen LogP contribution in [0.1, 0.15) is 11.7 Å². The van der Waals surface area contributed by atoms with E-state index in [1.807, 2.05) is 25.2 Å². The number of hydrogen-bond donors (Lipinski definition) is 1. The zero-order chi connectivity index (χ0) is 10.8. The lowest BCUT2D eigenvalue weighted by molar-refractivity contribution is 0.228. The van der Waals surface area contributed by atoms with E-state index in [0.717, 1.165) is 23.5 Å². The molecular formula is C12H15NO2. The van der Waals surface area contributed by atoms with Crippen LogP contribution in [0.25, 0.3) is 0 Å². The number of aliphatic hydroxyl groups is 1. The number of benzene rings is 1. The summed E-state index contributed by atoms with van der Waals surface area (Å²) in [6, 6.07) is 5.71. The molecule has 0 aromatic heterocycles. The lowest BCUT2D eigenvalue weighted by Gasteiger charge is -2.28. The quantitative estimate of drug-likeness (QED) is 0.746. The third kappa shape index (κ3) is 1.83. The van der Waals surface area contributed by atoms with Gasteiger partial charge in [0.2, 0.25) is 0 Å². The zero-order valence-corrected chi connectivity index (χ0v) is 8.81. The molecule has 1 heterocycles. The Hall–Kier alpha value is -1.48. The summed E-state index contributed by atoms with van der Waals surface area (Å²) < 4.78 is 5.51. The third-order valence-corrected chi connectivity index (χ3v) is 2.64. The molecule has 2 rings (SSSR count). The van der Waals surface area contributed by atoms with Gasteiger partial charge in [-0.25, -0.2) is 0 Å². The summed E-state index contributed by atoms with van der Waals surface area (Å²) in [5.41, 5.74) is 1.88. The largest absolute Gasteiger partial charge is 0.490 e. The van der Waals surface area contributed by atoms with E-state index < -0.39 is 6.10 Å². The Morgan fingerprint density at radius 2 is 2.40 bits per heavy atom. The minimum absolute atomic E-state index is 0.606. The van der Waals surface area contributed by atoms with Crippen molar-refractivity contribution in [2.45, 2.75) is 6.10 Å². The fraction of sp³-hybridized carbons (Fsp3) is 0.333. The van der Waals surface area contributed by atoms with Crippen LogP contribution in [0.15, 0.2) is 30.9 Å². The second-order valence-corrected chi connectivity index (χ2v) is 3.68. The molecule has 0 amide bonds. The molecule has 3 heteroatoms. The first-order valence-corrected chi connectivity index (χ1v) is 5.01. The molecule has 1 N–H and O–H groups in total. The van der Waals surface area contributed by atoms with Crippen LogP contribution >= 0.6 is 0 Å². The van der Waals surface area contributed by atoms with Crippen LogP contribution < -0.4 is 9.64 Å². The Morgan fingerprint density at radius 3 is 3.13 bits per heavy atom. The Labute approximate surface area is 89.6 Å². The summed E-state index contributed by atoms with van der Waals surface area (Å²) in [6.45, 7) is 5.16. The van der Waals surface area contributed by atoms with E-state index in [-0.39, 0.29) is 0 Å². The van der Waals surface area contributed by atoms with Crippen LogP contribution in [0.2, 0.25) is 0 Å². The van der Waals surface area contributed by atoms with Crippen LogP contribution in [-0.4, -0.2) is 25.3 Å². The van der Waals surface area contributed by atoms with Crippen molar-refractivity contribution in [3.05, 3.63) is 36.4 Å². The fourth-order valence-electron chi connectivity index (χ4n) is 1.69. The normalized spacial score (nSPS) is 16.5. The van der Waals surface area contributed by atoms with Crippen molar-refractivity contribution < 1.29 is 9.84 Å². The summed E-state index contributed by atoms with van der Waals surface area (Å²) >= 11 is 0. The zero-order valence-electron chi connectivity index (χ0n) is 8.81. The number of ether oxygens (including phenoxy) is 1. The summed E-state index contributed by atoms with van der Waals surface area (Å²) in [4.78, 5) is 2.12. The highest BCUT2D eigenvalue weighted by molar-refractivity contribution is 5.61. The lowest BCUT2D eigenvalue weighted by Crippen LogP contribution is -2.28. The molecule has 0 radical (unpaired) electrons. The van der Waals surface area contributed by atoms with E-state index in [1.165, 1.54) is 6.08 Å². The highest BCUT2D eigenvalue weighted by Gasteiger charge is 2.16. The average molecular weight is 205 g/mol. The molecule has 0 fully saturated rings. The maximum absolute atomic E-state index is 9.64. The average Bonchev–Trinajstić information content (AvgIpc) is 2.28. The first-order valence-electron chi connectivity index (χ1n) is 5.01. The molecule has 0 aliphatic carbocycles. The fourth-order valence-corrected chi connectivity index (χ4v) is 1.69. The first kappa shape index (κ1) is 10.1. The third-order valence-electron chi connectivity index (χ3n) is 2.64. The van der Waals surface area contributed by atoms with Crippen LogP contribution in [0.3, 0.4) is 0 Å². The van der Waals surface area contributed by atoms with Gasteiger partial charge >= 0.3 is 0 Å². The molecule has 3 nitrogen and oxygen atoms in total. The Morgan fingerprint density at radius 1 is 1.60 bits per heavy atom. The number of aliphatic hydroxyl groups excluding tert-OH is 1. The number of rotatable bonds is 2. The molecule has 80 valence electrons. The summed E-state index contributed by atoms with van der Waals surface area (Å²) in [5.74, 6) is 0.878. The molecule has 0 spiro atoms. The van der Waals surface area contributed by atoms with E-state index in [0.29, 0.717) is 6.61 Å². The lowest BCUT2D eigenvalue weighted by atomic mass is 10.1. The molecular weight excluding hydrogens is 190 g/mol. The van der Waals surface area contributed by atoms with Crippen molar-refractivity contribution in [3.8, 4) is 5.75 Å². The molecule has 1 aromatic rings. The molecule has 15 heavy (non-hydrogen) atoms. The van der Waals surface area contributed by atoms with Gasteiger partial charge in [0.1, 0.15) is 12.4 Å². The Balaban J connectivity index is 2.39. The maximum atomic E-state index is 9.64. The maximum Gasteiger partial charge on any atom is 0.142 e. The van der Waals surface area contributed by atoms with Gasteiger partial charge in [-0.3, -0.25) is 0 Å². The highest BCUT2D eigenvalue weighted by atomic mass is 16.5. The van der Waals surface area contributed by atoms with Crippen LogP contribution in [0.4, 0.5) is 5.69 Å². The molecule has 1 aromatic carbocycles. The predicted molar refractivity (Wildman–Crippen MR) is 60.4 cm³/mol. The van der Waals surface area contributed by atoms with Gasteiger partial charge in [0.15, 0.2) is 0 Å². The van der Waals surface area contributed by atoms with E-state index in [4.69, 9.17) is 4.74 Å². The van der Waals surface area contributed by atoms with Crippen molar-refractivity contribution in [2.75, 3.05) is 25.1 Å². The van der Waals surface area contributed by atoms with Crippen molar-refractivity contribution in [2.24, 2.45) is 0 Å². The predicted octanol–water partition coefficient (Wildman–Crippen LogP) is 1.73. The topological polar surface area (TPSA) is 32.7 Å².